The maximum atomic E-state index is 12.6. The van der Waals surface area contributed by atoms with Gasteiger partial charge in [0.05, 0.1) is 28.9 Å². The number of carbonyl (C=O) groups excluding carboxylic acids is 3. The Bertz CT molecular complexity index is 1410. The first-order valence-electron chi connectivity index (χ1n) is 10.7. The molecule has 0 fully saturated rings. The van der Waals surface area contributed by atoms with Gasteiger partial charge in [0.1, 0.15) is 5.75 Å². The highest BCUT2D eigenvalue weighted by Gasteiger charge is 2.12. The van der Waals surface area contributed by atoms with Crippen LogP contribution in [0, 0.1) is 0 Å². The van der Waals surface area contributed by atoms with E-state index in [1.54, 1.807) is 54.6 Å². The third-order valence-corrected chi connectivity index (χ3v) is 5.36. The summed E-state index contributed by atoms with van der Waals surface area (Å²) in [4.78, 5) is 36.7. The summed E-state index contributed by atoms with van der Waals surface area (Å²) < 4.78 is 5.50. The smallest absolute Gasteiger partial charge is 0.344 e. The van der Waals surface area contributed by atoms with E-state index in [0.717, 1.165) is 10.8 Å². The number of nitrogens with one attached hydrogen (secondary N) is 2. The Morgan fingerprint density at radius 1 is 0.829 bits per heavy atom. The van der Waals surface area contributed by atoms with Gasteiger partial charge >= 0.3 is 5.97 Å². The molecule has 7 nitrogen and oxygen atoms in total. The molecular formula is C27H20ClN3O4. The van der Waals surface area contributed by atoms with Crippen molar-refractivity contribution in [2.24, 2.45) is 5.10 Å². The Morgan fingerprint density at radius 2 is 1.51 bits per heavy atom. The van der Waals surface area contributed by atoms with Gasteiger partial charge in [-0.2, -0.15) is 5.10 Å². The zero-order valence-electron chi connectivity index (χ0n) is 18.4. The first kappa shape index (κ1) is 23.7. The number of nitrogens with zero attached hydrogens (tertiary/aromatic N) is 1. The number of rotatable bonds is 7. The maximum absolute atomic E-state index is 12.6. The minimum atomic E-state index is -0.498. The van der Waals surface area contributed by atoms with Crippen LogP contribution < -0.4 is 15.5 Å². The Labute approximate surface area is 206 Å². The molecular weight excluding hydrogens is 466 g/mol. The molecule has 2 amide bonds. The summed E-state index contributed by atoms with van der Waals surface area (Å²) >= 11 is 5.97. The molecule has 174 valence electrons. The van der Waals surface area contributed by atoms with Crippen LogP contribution in [0.5, 0.6) is 5.75 Å². The van der Waals surface area contributed by atoms with E-state index < -0.39 is 17.8 Å². The molecule has 0 atom stereocenters. The predicted molar refractivity (Wildman–Crippen MR) is 135 cm³/mol. The SMILES string of the molecule is O=C(CNC(=O)c1ccccc1Cl)NN=Cc1ccc(OC(=O)c2cccc3ccccc23)cc1. The minimum absolute atomic E-state index is 0.259. The summed E-state index contributed by atoms with van der Waals surface area (Å²) in [5.41, 5.74) is 3.78. The molecule has 0 aromatic heterocycles. The van der Waals surface area contributed by atoms with E-state index in [1.165, 1.54) is 6.21 Å². The lowest BCUT2D eigenvalue weighted by Gasteiger charge is -2.07. The number of halogens is 1. The van der Waals surface area contributed by atoms with Crippen LogP contribution in [0.2, 0.25) is 5.02 Å². The fraction of sp³-hybridized carbons (Fsp3) is 0.0370. The Kier molecular flexibility index (Phi) is 7.50. The van der Waals surface area contributed by atoms with E-state index in [-0.39, 0.29) is 12.1 Å². The van der Waals surface area contributed by atoms with E-state index >= 15 is 0 Å². The summed E-state index contributed by atoms with van der Waals surface area (Å²) in [6, 6.07) is 26.3. The second kappa shape index (κ2) is 11.1. The number of ether oxygens (including phenoxy) is 1. The second-order valence-corrected chi connectivity index (χ2v) is 7.85. The van der Waals surface area contributed by atoms with E-state index in [9.17, 15) is 14.4 Å². The second-order valence-electron chi connectivity index (χ2n) is 7.44. The van der Waals surface area contributed by atoms with Crippen molar-refractivity contribution in [1.29, 1.82) is 0 Å². The molecule has 4 aromatic rings. The van der Waals surface area contributed by atoms with Crippen molar-refractivity contribution < 1.29 is 19.1 Å². The normalized spacial score (nSPS) is 10.8. The molecule has 0 aliphatic heterocycles. The van der Waals surface area contributed by atoms with E-state index in [0.29, 0.717) is 21.9 Å². The average Bonchev–Trinajstić information content (AvgIpc) is 2.88. The highest BCUT2D eigenvalue weighted by atomic mass is 35.5. The van der Waals surface area contributed by atoms with Crippen LogP contribution in [-0.4, -0.2) is 30.5 Å². The van der Waals surface area contributed by atoms with Gasteiger partial charge in [-0.05, 0) is 58.8 Å². The van der Waals surface area contributed by atoms with Crippen LogP contribution in [0.25, 0.3) is 10.8 Å². The molecule has 0 saturated carbocycles. The van der Waals surface area contributed by atoms with Crippen molar-refractivity contribution in [3.63, 3.8) is 0 Å². The largest absolute Gasteiger partial charge is 0.423 e. The van der Waals surface area contributed by atoms with Gasteiger partial charge in [-0.3, -0.25) is 9.59 Å². The Balaban J connectivity index is 1.28. The van der Waals surface area contributed by atoms with Crippen molar-refractivity contribution >= 4 is 46.4 Å². The predicted octanol–water partition coefficient (Wildman–Crippen LogP) is 4.59. The van der Waals surface area contributed by atoms with Crippen LogP contribution in [-0.2, 0) is 4.79 Å². The molecule has 0 saturated heterocycles. The van der Waals surface area contributed by atoms with Crippen molar-refractivity contribution in [3.8, 4) is 5.75 Å². The topological polar surface area (TPSA) is 96.9 Å². The lowest BCUT2D eigenvalue weighted by molar-refractivity contribution is -0.120. The molecule has 0 aliphatic carbocycles. The molecule has 0 radical (unpaired) electrons. The fourth-order valence-electron chi connectivity index (χ4n) is 3.31. The lowest BCUT2D eigenvalue weighted by atomic mass is 10.0. The minimum Gasteiger partial charge on any atom is -0.423 e. The number of benzene rings is 4. The monoisotopic (exact) mass is 485 g/mol. The van der Waals surface area contributed by atoms with E-state index in [2.05, 4.69) is 15.8 Å². The number of amides is 2. The molecule has 4 aromatic carbocycles. The molecule has 0 unspecified atom stereocenters. The standard InChI is InChI=1S/C27H20ClN3O4/c28-24-11-4-3-9-23(24)26(33)29-17-25(32)31-30-16-18-12-14-20(15-13-18)35-27(34)22-10-5-7-19-6-1-2-8-21(19)22/h1-16H,17H2,(H,29,33)(H,31,32). The zero-order valence-corrected chi connectivity index (χ0v) is 19.2. The molecule has 0 spiro atoms. The first-order chi connectivity index (χ1) is 17.0. The molecule has 2 N–H and O–H groups in total. The molecule has 0 aliphatic rings. The van der Waals surface area contributed by atoms with Crippen molar-refractivity contribution in [2.75, 3.05) is 6.54 Å². The first-order valence-corrected chi connectivity index (χ1v) is 11.0. The fourth-order valence-corrected chi connectivity index (χ4v) is 3.53. The number of hydrogen-bond donors (Lipinski definition) is 2. The van der Waals surface area contributed by atoms with Crippen molar-refractivity contribution in [2.45, 2.75) is 0 Å². The van der Waals surface area contributed by atoms with Crippen LogP contribution in [0.15, 0.2) is 96.1 Å². The molecule has 35 heavy (non-hydrogen) atoms. The van der Waals surface area contributed by atoms with Gasteiger partial charge in [0.15, 0.2) is 0 Å². The Hall–Kier alpha value is -4.49. The molecule has 0 bridgehead atoms. The third kappa shape index (κ3) is 6.10. The van der Waals surface area contributed by atoms with Crippen LogP contribution in [0.3, 0.4) is 0 Å². The van der Waals surface area contributed by atoms with Gasteiger partial charge in [0.2, 0.25) is 0 Å². The average molecular weight is 486 g/mol. The van der Waals surface area contributed by atoms with E-state index in [1.807, 2.05) is 36.4 Å². The van der Waals surface area contributed by atoms with Gasteiger partial charge in [0, 0.05) is 0 Å². The molecule has 0 heterocycles. The zero-order chi connectivity index (χ0) is 24.6. The van der Waals surface area contributed by atoms with Gasteiger partial charge in [-0.1, -0.05) is 60.1 Å². The lowest BCUT2D eigenvalue weighted by Crippen LogP contribution is -2.35. The van der Waals surface area contributed by atoms with Gasteiger partial charge in [-0.25, -0.2) is 10.2 Å². The van der Waals surface area contributed by atoms with Crippen LogP contribution >= 0.6 is 11.6 Å². The number of carbonyl (C=O) groups is 3. The molecule has 8 heteroatoms. The van der Waals surface area contributed by atoms with Gasteiger partial charge in [0.25, 0.3) is 11.8 Å². The van der Waals surface area contributed by atoms with Gasteiger partial charge < -0.3 is 10.1 Å². The van der Waals surface area contributed by atoms with Crippen LogP contribution in [0.4, 0.5) is 0 Å². The summed E-state index contributed by atoms with van der Waals surface area (Å²) in [6.45, 7) is -0.259. The number of hydrogen-bond acceptors (Lipinski definition) is 5. The summed E-state index contributed by atoms with van der Waals surface area (Å²) in [5, 5.41) is 8.43. The van der Waals surface area contributed by atoms with E-state index in [4.69, 9.17) is 16.3 Å². The Morgan fingerprint density at radius 3 is 2.31 bits per heavy atom. The van der Waals surface area contributed by atoms with Gasteiger partial charge in [-0.15, -0.1) is 0 Å². The highest BCUT2D eigenvalue weighted by Crippen LogP contribution is 2.21. The summed E-state index contributed by atoms with van der Waals surface area (Å²) in [5.74, 6) is -1.02. The number of esters is 1. The maximum Gasteiger partial charge on any atom is 0.344 e. The third-order valence-electron chi connectivity index (χ3n) is 5.03. The quantitative estimate of drug-likeness (QED) is 0.173. The molecule has 4 rings (SSSR count). The number of fused-ring (bicyclic) bond motifs is 1. The summed E-state index contributed by atoms with van der Waals surface area (Å²) in [7, 11) is 0. The summed E-state index contributed by atoms with van der Waals surface area (Å²) in [6.07, 6.45) is 1.43. The van der Waals surface area contributed by atoms with Crippen LogP contribution in [0.1, 0.15) is 26.3 Å². The van der Waals surface area contributed by atoms with Crippen molar-refractivity contribution in [3.05, 3.63) is 113 Å². The number of hydrazone groups is 1. The van der Waals surface area contributed by atoms with Crippen molar-refractivity contribution in [1.82, 2.24) is 10.7 Å². The highest BCUT2D eigenvalue weighted by molar-refractivity contribution is 6.33.